The van der Waals surface area contributed by atoms with Crippen molar-refractivity contribution in [3.8, 4) is 5.75 Å². The Kier molecular flexibility index (Phi) is 6.00. The van der Waals surface area contributed by atoms with Crippen molar-refractivity contribution in [3.63, 3.8) is 0 Å². The third kappa shape index (κ3) is 4.66. The van der Waals surface area contributed by atoms with Gasteiger partial charge in [0.15, 0.2) is 0 Å². The minimum absolute atomic E-state index is 0.0952. The molecule has 0 spiro atoms. The van der Waals surface area contributed by atoms with Crippen molar-refractivity contribution < 1.29 is 9.53 Å². The standard InChI is InChI=1S/C22H26N2O2S/c25-21(14-19-15-27-12-10-23-19)24-22(16-5-2-1-3-6-16)18-8-9-20-17(13-18)7-4-11-26-20/h1-3,5-6,8-9,13,19,22-23H,4,7,10-12,14-15H2,(H,24,25). The van der Waals surface area contributed by atoms with Crippen LogP contribution in [0.15, 0.2) is 48.5 Å². The molecule has 0 saturated carbocycles. The van der Waals surface area contributed by atoms with Crippen molar-refractivity contribution in [2.45, 2.75) is 31.3 Å². The number of hydrogen-bond acceptors (Lipinski definition) is 4. The highest BCUT2D eigenvalue weighted by atomic mass is 32.2. The molecule has 2 aliphatic rings. The average molecular weight is 383 g/mol. The molecule has 0 aliphatic carbocycles. The summed E-state index contributed by atoms with van der Waals surface area (Å²) in [5, 5.41) is 6.72. The van der Waals surface area contributed by atoms with Crippen LogP contribution in [0.4, 0.5) is 0 Å². The molecule has 1 saturated heterocycles. The van der Waals surface area contributed by atoms with Gasteiger partial charge in [-0.15, -0.1) is 0 Å². The topological polar surface area (TPSA) is 50.4 Å². The average Bonchev–Trinajstić information content (AvgIpc) is 2.73. The molecule has 1 fully saturated rings. The number of benzene rings is 2. The zero-order valence-corrected chi connectivity index (χ0v) is 16.3. The molecule has 5 heteroatoms. The van der Waals surface area contributed by atoms with Crippen LogP contribution >= 0.6 is 11.8 Å². The van der Waals surface area contributed by atoms with Crippen molar-refractivity contribution >= 4 is 17.7 Å². The summed E-state index contributed by atoms with van der Waals surface area (Å²) in [6.45, 7) is 1.77. The van der Waals surface area contributed by atoms with Gasteiger partial charge in [-0.1, -0.05) is 36.4 Å². The molecule has 0 radical (unpaired) electrons. The van der Waals surface area contributed by atoms with Crippen LogP contribution in [0.3, 0.4) is 0 Å². The van der Waals surface area contributed by atoms with Crippen molar-refractivity contribution in [2.24, 2.45) is 0 Å². The number of nitrogens with one attached hydrogen (secondary N) is 2. The van der Waals surface area contributed by atoms with Crippen molar-refractivity contribution in [1.82, 2.24) is 10.6 Å². The second-order valence-corrected chi connectivity index (χ2v) is 8.31. The third-order valence-corrected chi connectivity index (χ3v) is 6.27. The summed E-state index contributed by atoms with van der Waals surface area (Å²) in [7, 11) is 0. The van der Waals surface area contributed by atoms with E-state index in [1.54, 1.807) is 0 Å². The lowest BCUT2D eigenvalue weighted by molar-refractivity contribution is -0.122. The van der Waals surface area contributed by atoms with Gasteiger partial charge in [0, 0.05) is 30.5 Å². The molecule has 4 nitrogen and oxygen atoms in total. The first kappa shape index (κ1) is 18.4. The van der Waals surface area contributed by atoms with Crippen LogP contribution < -0.4 is 15.4 Å². The van der Waals surface area contributed by atoms with E-state index in [-0.39, 0.29) is 18.0 Å². The molecule has 1 amide bonds. The fourth-order valence-corrected chi connectivity index (χ4v) is 4.71. The first-order valence-corrected chi connectivity index (χ1v) is 10.9. The van der Waals surface area contributed by atoms with Crippen LogP contribution in [0.25, 0.3) is 0 Å². The number of rotatable bonds is 5. The molecule has 2 N–H and O–H groups in total. The van der Waals surface area contributed by atoms with Crippen LogP contribution in [-0.4, -0.2) is 36.6 Å². The number of carbonyl (C=O) groups is 1. The zero-order chi connectivity index (χ0) is 18.5. The molecule has 2 atom stereocenters. The van der Waals surface area contributed by atoms with Gasteiger partial charge in [-0.3, -0.25) is 4.79 Å². The number of thioether (sulfide) groups is 1. The molecule has 2 aromatic carbocycles. The van der Waals surface area contributed by atoms with E-state index < -0.39 is 0 Å². The minimum Gasteiger partial charge on any atom is -0.493 e. The van der Waals surface area contributed by atoms with Gasteiger partial charge in [-0.25, -0.2) is 0 Å². The Hall–Kier alpha value is -1.98. The lowest BCUT2D eigenvalue weighted by Gasteiger charge is -2.26. The highest BCUT2D eigenvalue weighted by molar-refractivity contribution is 7.99. The maximum absolute atomic E-state index is 12.8. The highest BCUT2D eigenvalue weighted by Gasteiger charge is 2.22. The lowest BCUT2D eigenvalue weighted by Crippen LogP contribution is -2.42. The van der Waals surface area contributed by atoms with E-state index >= 15 is 0 Å². The van der Waals surface area contributed by atoms with Gasteiger partial charge in [-0.05, 0) is 41.7 Å². The van der Waals surface area contributed by atoms with Crippen LogP contribution in [0.5, 0.6) is 5.75 Å². The molecule has 142 valence electrons. The van der Waals surface area contributed by atoms with E-state index in [1.165, 1.54) is 5.56 Å². The molecule has 0 bridgehead atoms. The van der Waals surface area contributed by atoms with E-state index in [1.807, 2.05) is 36.0 Å². The van der Waals surface area contributed by atoms with Gasteiger partial charge in [0.2, 0.25) is 5.91 Å². The predicted molar refractivity (Wildman–Crippen MR) is 110 cm³/mol. The maximum atomic E-state index is 12.8. The SMILES string of the molecule is O=C(CC1CSCCN1)NC(c1ccccc1)c1ccc2c(c1)CCCO2. The molecule has 27 heavy (non-hydrogen) atoms. The number of amides is 1. The second-order valence-electron chi connectivity index (χ2n) is 7.16. The van der Waals surface area contributed by atoms with Gasteiger partial charge in [-0.2, -0.15) is 11.8 Å². The largest absolute Gasteiger partial charge is 0.493 e. The number of ether oxygens (including phenoxy) is 1. The molecule has 2 heterocycles. The van der Waals surface area contributed by atoms with Gasteiger partial charge in [0.05, 0.1) is 12.6 Å². The number of carbonyl (C=O) groups excluding carboxylic acids is 1. The number of fused-ring (bicyclic) bond motifs is 1. The Morgan fingerprint density at radius 2 is 2.11 bits per heavy atom. The summed E-state index contributed by atoms with van der Waals surface area (Å²) in [4.78, 5) is 12.8. The summed E-state index contributed by atoms with van der Waals surface area (Å²) >= 11 is 1.92. The van der Waals surface area contributed by atoms with Crippen LogP contribution in [0.1, 0.15) is 35.6 Å². The van der Waals surface area contributed by atoms with Crippen molar-refractivity contribution in [2.75, 3.05) is 24.7 Å². The van der Waals surface area contributed by atoms with E-state index in [0.717, 1.165) is 54.4 Å². The van der Waals surface area contributed by atoms with Crippen molar-refractivity contribution in [1.29, 1.82) is 0 Å². The predicted octanol–water partition coefficient (Wildman–Crippen LogP) is 3.31. The summed E-state index contributed by atoms with van der Waals surface area (Å²) < 4.78 is 5.75. The van der Waals surface area contributed by atoms with Gasteiger partial charge in [0.1, 0.15) is 5.75 Å². The first-order valence-electron chi connectivity index (χ1n) is 9.70. The Balaban J connectivity index is 1.55. The van der Waals surface area contributed by atoms with E-state index in [0.29, 0.717) is 6.42 Å². The first-order chi connectivity index (χ1) is 13.3. The molecular weight excluding hydrogens is 356 g/mol. The van der Waals surface area contributed by atoms with E-state index in [9.17, 15) is 4.79 Å². The fourth-order valence-electron chi connectivity index (χ4n) is 3.76. The second kappa shape index (κ2) is 8.81. The smallest absolute Gasteiger partial charge is 0.222 e. The maximum Gasteiger partial charge on any atom is 0.222 e. The summed E-state index contributed by atoms with van der Waals surface area (Å²) in [6, 6.07) is 16.7. The third-order valence-electron chi connectivity index (χ3n) is 5.13. The van der Waals surface area contributed by atoms with E-state index in [4.69, 9.17) is 4.74 Å². The highest BCUT2D eigenvalue weighted by Crippen LogP contribution is 2.30. The zero-order valence-electron chi connectivity index (χ0n) is 15.4. The molecule has 4 rings (SSSR count). The number of hydrogen-bond donors (Lipinski definition) is 2. The molecule has 2 unspecified atom stereocenters. The van der Waals surface area contributed by atoms with Gasteiger partial charge in [0.25, 0.3) is 0 Å². The van der Waals surface area contributed by atoms with Crippen LogP contribution in [0.2, 0.25) is 0 Å². The summed E-state index contributed by atoms with van der Waals surface area (Å²) in [5.74, 6) is 3.20. The monoisotopic (exact) mass is 382 g/mol. The Bertz CT molecular complexity index is 775. The molecule has 2 aromatic rings. The van der Waals surface area contributed by atoms with E-state index in [2.05, 4.69) is 34.9 Å². The quantitative estimate of drug-likeness (QED) is 0.833. The Labute approximate surface area is 165 Å². The van der Waals surface area contributed by atoms with Crippen molar-refractivity contribution in [3.05, 3.63) is 65.2 Å². The number of aryl methyl sites for hydroxylation is 1. The van der Waals surface area contributed by atoms with Gasteiger partial charge < -0.3 is 15.4 Å². The van der Waals surface area contributed by atoms with Crippen LogP contribution in [0, 0.1) is 0 Å². The molecule has 2 aliphatic heterocycles. The minimum atomic E-state index is -0.137. The summed E-state index contributed by atoms with van der Waals surface area (Å²) in [6.07, 6.45) is 2.59. The normalized spacial score (nSPS) is 20.2. The fraction of sp³-hybridized carbons (Fsp3) is 0.409. The van der Waals surface area contributed by atoms with Crippen LogP contribution in [-0.2, 0) is 11.2 Å². The molecule has 0 aromatic heterocycles. The molecular formula is C22H26N2O2S. The van der Waals surface area contributed by atoms with Gasteiger partial charge >= 0.3 is 0 Å². The Morgan fingerprint density at radius 1 is 1.22 bits per heavy atom. The lowest BCUT2D eigenvalue weighted by atomic mass is 9.94. The Morgan fingerprint density at radius 3 is 2.93 bits per heavy atom. The summed E-state index contributed by atoms with van der Waals surface area (Å²) in [5.41, 5.74) is 3.46.